The number of aliphatic carboxylic acids is 1. The Morgan fingerprint density at radius 1 is 0.909 bits per heavy atom. The SMILES string of the molecule is COc1cc2sc(CC[C@H](C)C(C)=O)cc2c(F)c1OCCCOc1c(OC)cc2sc(C(=O)C[C@H](C)C(=O)O)cc2c1Br. The predicted molar refractivity (Wildman–Crippen MR) is 174 cm³/mol. The van der Waals surface area contributed by atoms with E-state index in [1.54, 1.807) is 25.1 Å². The number of carbonyl (C=O) groups excluding carboxylic acids is 2. The molecule has 0 radical (unpaired) electrons. The zero-order valence-electron chi connectivity index (χ0n) is 25.1. The fraction of sp³-hybridized carbons (Fsp3) is 0.406. The van der Waals surface area contributed by atoms with Crippen molar-refractivity contribution >= 4 is 76.3 Å². The van der Waals surface area contributed by atoms with Crippen LogP contribution in [0.5, 0.6) is 23.0 Å². The Hall–Kier alpha value is -3.22. The largest absolute Gasteiger partial charge is 0.493 e. The first-order chi connectivity index (χ1) is 20.9. The number of carbonyl (C=O) groups is 3. The van der Waals surface area contributed by atoms with Crippen molar-refractivity contribution in [3.8, 4) is 23.0 Å². The molecule has 0 bridgehead atoms. The van der Waals surface area contributed by atoms with E-state index in [0.717, 1.165) is 19.7 Å². The van der Waals surface area contributed by atoms with Crippen LogP contribution in [0.4, 0.5) is 4.39 Å². The van der Waals surface area contributed by atoms with Gasteiger partial charge in [-0.1, -0.05) is 13.8 Å². The van der Waals surface area contributed by atoms with Crippen molar-refractivity contribution in [2.75, 3.05) is 27.4 Å². The second-order valence-electron chi connectivity index (χ2n) is 10.6. The van der Waals surface area contributed by atoms with Gasteiger partial charge in [-0.2, -0.15) is 0 Å². The Morgan fingerprint density at radius 3 is 2.14 bits per heavy atom. The lowest BCUT2D eigenvalue weighted by atomic mass is 10.0. The van der Waals surface area contributed by atoms with Crippen molar-refractivity contribution in [2.24, 2.45) is 11.8 Å². The lowest BCUT2D eigenvalue weighted by Gasteiger charge is -2.15. The Morgan fingerprint density at radius 2 is 1.52 bits per heavy atom. The average Bonchev–Trinajstić information content (AvgIpc) is 3.61. The molecule has 1 N–H and O–H groups in total. The summed E-state index contributed by atoms with van der Waals surface area (Å²) < 4.78 is 40.5. The van der Waals surface area contributed by atoms with Crippen LogP contribution in [0.15, 0.2) is 28.7 Å². The molecule has 0 unspecified atom stereocenters. The standard InChI is InChI=1S/C32H34BrFO8S2/c1-16(18(3)35)7-8-19-12-21-26(43-19)15-24(40-5)31(29(21)34)42-10-6-9-41-30-23(39-4)14-25-20(28(30)33)13-27(44-25)22(36)11-17(2)32(37)38/h12-17H,6-11H2,1-5H3,(H,37,38)/t16-,17-/m0/s1. The number of carboxylic acids is 1. The summed E-state index contributed by atoms with van der Waals surface area (Å²) in [5, 5.41) is 10.4. The Kier molecular flexibility index (Phi) is 11.3. The average molecular weight is 710 g/mol. The van der Waals surface area contributed by atoms with Gasteiger partial charge in [-0.15, -0.1) is 22.7 Å². The molecule has 236 valence electrons. The molecule has 0 aliphatic heterocycles. The van der Waals surface area contributed by atoms with E-state index in [0.29, 0.717) is 51.2 Å². The molecular formula is C32H34BrFO8S2. The van der Waals surface area contributed by atoms with E-state index < -0.39 is 17.7 Å². The first kappa shape index (κ1) is 33.7. The molecule has 0 saturated carbocycles. The number of benzene rings is 2. The Labute approximate surface area is 271 Å². The van der Waals surface area contributed by atoms with Crippen molar-refractivity contribution in [1.29, 1.82) is 0 Å². The number of hydrogen-bond acceptors (Lipinski definition) is 9. The molecule has 44 heavy (non-hydrogen) atoms. The molecule has 12 heteroatoms. The van der Waals surface area contributed by atoms with Gasteiger partial charge in [0, 0.05) is 55.9 Å². The maximum atomic E-state index is 15.5. The predicted octanol–water partition coefficient (Wildman–Crippen LogP) is 8.33. The summed E-state index contributed by atoms with van der Waals surface area (Å²) in [5.41, 5.74) is 0. The molecule has 2 aromatic carbocycles. The maximum Gasteiger partial charge on any atom is 0.306 e. The number of carboxylic acid groups (broad SMARTS) is 1. The van der Waals surface area contributed by atoms with E-state index in [9.17, 15) is 14.4 Å². The highest BCUT2D eigenvalue weighted by Crippen LogP contribution is 2.45. The first-order valence-electron chi connectivity index (χ1n) is 14.1. The van der Waals surface area contributed by atoms with E-state index in [2.05, 4.69) is 15.9 Å². The van der Waals surface area contributed by atoms with Crippen LogP contribution in [0.1, 0.15) is 54.6 Å². The van der Waals surface area contributed by atoms with E-state index in [-0.39, 0.29) is 42.9 Å². The second-order valence-corrected chi connectivity index (χ2v) is 13.6. The van der Waals surface area contributed by atoms with Gasteiger partial charge in [0.2, 0.25) is 0 Å². The van der Waals surface area contributed by atoms with Crippen molar-refractivity contribution in [2.45, 2.75) is 46.5 Å². The van der Waals surface area contributed by atoms with Crippen molar-refractivity contribution in [3.05, 3.63) is 44.3 Å². The minimum Gasteiger partial charge on any atom is -0.493 e. The lowest BCUT2D eigenvalue weighted by Crippen LogP contribution is -2.13. The Bertz CT molecular complexity index is 1690. The van der Waals surface area contributed by atoms with Crippen molar-refractivity contribution < 1.29 is 42.8 Å². The van der Waals surface area contributed by atoms with Gasteiger partial charge < -0.3 is 24.1 Å². The number of ketones is 2. The summed E-state index contributed by atoms with van der Waals surface area (Å²) in [5.74, 6) is -1.18. The van der Waals surface area contributed by atoms with E-state index in [4.69, 9.17) is 24.1 Å². The number of halogens is 2. The molecular weight excluding hydrogens is 675 g/mol. The number of Topliss-reactive ketones (excluding diaryl/α,β-unsaturated/α-hetero) is 2. The van der Waals surface area contributed by atoms with Crippen LogP contribution < -0.4 is 18.9 Å². The molecule has 8 nitrogen and oxygen atoms in total. The highest BCUT2D eigenvalue weighted by molar-refractivity contribution is 9.10. The van der Waals surface area contributed by atoms with Crippen LogP contribution in [0.2, 0.25) is 0 Å². The van der Waals surface area contributed by atoms with Crippen molar-refractivity contribution in [1.82, 2.24) is 0 Å². The quantitative estimate of drug-likeness (QED) is 0.0914. The molecule has 2 aromatic heterocycles. The maximum absolute atomic E-state index is 15.5. The second kappa shape index (κ2) is 14.7. The number of aryl methyl sites for hydroxylation is 1. The minimum atomic E-state index is -1.02. The van der Waals surface area contributed by atoms with Crippen LogP contribution in [0.25, 0.3) is 20.2 Å². The molecule has 2 atom stereocenters. The molecule has 4 rings (SSSR count). The number of fused-ring (bicyclic) bond motifs is 2. The third kappa shape index (κ3) is 7.52. The van der Waals surface area contributed by atoms with Crippen molar-refractivity contribution in [3.63, 3.8) is 0 Å². The number of hydrogen-bond donors (Lipinski definition) is 1. The zero-order chi connectivity index (χ0) is 32.1. The van der Waals surface area contributed by atoms with E-state index in [1.807, 2.05) is 13.0 Å². The van der Waals surface area contributed by atoms with Gasteiger partial charge in [0.05, 0.1) is 42.7 Å². The first-order valence-corrected chi connectivity index (χ1v) is 16.5. The molecule has 0 amide bonds. The van der Waals surface area contributed by atoms with Gasteiger partial charge in [0.15, 0.2) is 34.6 Å². The summed E-state index contributed by atoms with van der Waals surface area (Å²) in [6, 6.07) is 7.08. The molecule has 0 spiro atoms. The third-order valence-electron chi connectivity index (χ3n) is 7.34. The fourth-order valence-electron chi connectivity index (χ4n) is 4.52. The van der Waals surface area contributed by atoms with Crippen LogP contribution in [-0.4, -0.2) is 50.1 Å². The Balaban J connectivity index is 1.42. The van der Waals surface area contributed by atoms with Gasteiger partial charge in [0.1, 0.15) is 5.78 Å². The van der Waals surface area contributed by atoms with E-state index >= 15 is 4.39 Å². The summed E-state index contributed by atoms with van der Waals surface area (Å²) in [6.07, 6.45) is 1.72. The van der Waals surface area contributed by atoms with Gasteiger partial charge >= 0.3 is 5.97 Å². The van der Waals surface area contributed by atoms with Crippen LogP contribution in [-0.2, 0) is 16.0 Å². The van der Waals surface area contributed by atoms with Gasteiger partial charge in [-0.3, -0.25) is 14.4 Å². The zero-order valence-corrected chi connectivity index (χ0v) is 28.3. The minimum absolute atomic E-state index is 0.0364. The summed E-state index contributed by atoms with van der Waals surface area (Å²) in [7, 11) is 2.98. The normalized spacial score (nSPS) is 12.7. The molecule has 0 aliphatic rings. The smallest absolute Gasteiger partial charge is 0.306 e. The molecule has 0 aliphatic carbocycles. The highest BCUT2D eigenvalue weighted by Gasteiger charge is 2.23. The molecule has 0 saturated heterocycles. The van der Waals surface area contributed by atoms with Crippen LogP contribution in [0.3, 0.4) is 0 Å². The summed E-state index contributed by atoms with van der Waals surface area (Å²) >= 11 is 6.32. The number of ether oxygens (including phenoxy) is 4. The number of methoxy groups -OCH3 is 2. The van der Waals surface area contributed by atoms with Crippen LogP contribution in [0, 0.1) is 17.7 Å². The fourth-order valence-corrected chi connectivity index (χ4v) is 7.44. The number of thiophene rings is 2. The topological polar surface area (TPSA) is 108 Å². The molecule has 4 aromatic rings. The van der Waals surface area contributed by atoms with Gasteiger partial charge in [0.25, 0.3) is 0 Å². The number of rotatable bonds is 16. The molecule has 2 heterocycles. The van der Waals surface area contributed by atoms with E-state index in [1.165, 1.54) is 43.8 Å². The summed E-state index contributed by atoms with van der Waals surface area (Å²) in [6.45, 7) is 5.38. The molecule has 0 fully saturated rings. The highest BCUT2D eigenvalue weighted by atomic mass is 79.9. The van der Waals surface area contributed by atoms with Crippen LogP contribution >= 0.6 is 38.6 Å². The van der Waals surface area contributed by atoms with Gasteiger partial charge in [-0.05, 0) is 47.8 Å². The third-order valence-corrected chi connectivity index (χ3v) is 10.4. The monoisotopic (exact) mass is 708 g/mol. The van der Waals surface area contributed by atoms with Gasteiger partial charge in [-0.25, -0.2) is 4.39 Å². The summed E-state index contributed by atoms with van der Waals surface area (Å²) in [4.78, 5) is 36.9. The lowest BCUT2D eigenvalue weighted by molar-refractivity contribution is -0.141.